The molecular formula is C23H20BrClN4O4. The minimum absolute atomic E-state index is 0.0173. The number of halogens is 2. The van der Waals surface area contributed by atoms with E-state index < -0.39 is 47.0 Å². The van der Waals surface area contributed by atoms with Crippen LogP contribution < -0.4 is 21.3 Å². The Hall–Kier alpha value is -2.75. The van der Waals surface area contributed by atoms with Crippen LogP contribution in [0.2, 0.25) is 5.02 Å². The summed E-state index contributed by atoms with van der Waals surface area (Å²) < 4.78 is 0.713. The molecule has 10 heteroatoms. The number of hydrogen-bond acceptors (Lipinski definition) is 5. The predicted molar refractivity (Wildman–Crippen MR) is 125 cm³/mol. The van der Waals surface area contributed by atoms with Crippen molar-refractivity contribution < 1.29 is 19.2 Å². The van der Waals surface area contributed by atoms with Gasteiger partial charge in [0.05, 0.1) is 23.2 Å². The summed E-state index contributed by atoms with van der Waals surface area (Å²) in [7, 11) is 0. The van der Waals surface area contributed by atoms with Crippen LogP contribution in [0.4, 0.5) is 11.4 Å². The molecule has 8 nitrogen and oxygen atoms in total. The smallest absolute Gasteiger partial charge is 0.250 e. The third-order valence-corrected chi connectivity index (χ3v) is 7.76. The Labute approximate surface area is 203 Å². The predicted octanol–water partition coefficient (Wildman–Crippen LogP) is 2.60. The van der Waals surface area contributed by atoms with E-state index in [0.29, 0.717) is 32.0 Å². The molecule has 2 saturated heterocycles. The number of nitrogens with one attached hydrogen (secondary N) is 2. The highest BCUT2D eigenvalue weighted by atomic mass is 79.9. The third-order valence-electron chi connectivity index (χ3n) is 6.85. The van der Waals surface area contributed by atoms with Crippen molar-refractivity contribution in [3.05, 3.63) is 57.0 Å². The first-order valence-electron chi connectivity index (χ1n) is 10.5. The van der Waals surface area contributed by atoms with Crippen molar-refractivity contribution in [1.82, 2.24) is 5.32 Å². The van der Waals surface area contributed by atoms with Crippen molar-refractivity contribution in [3.8, 4) is 0 Å². The number of primary amides is 1. The van der Waals surface area contributed by atoms with Crippen molar-refractivity contribution >= 4 is 62.5 Å². The standard InChI is InChI=1S/C23H20BrClN4O4/c1-10-14(25)6-5-13-19(10)27-22(33)23(13)18-17(15(28-23)7-8-16(26)30)20(31)29(21(18)32)12-4-2-3-11(24)9-12/h2-6,9,15,17-18,28H,7-8H2,1H3,(H2,26,30)(H,27,33)/t15-,17+,18-,23+/m0/s1. The number of hydrogen-bond donors (Lipinski definition) is 3. The molecular weight excluding hydrogens is 512 g/mol. The molecule has 4 amide bonds. The number of rotatable bonds is 4. The summed E-state index contributed by atoms with van der Waals surface area (Å²) in [4.78, 5) is 53.6. The number of benzene rings is 2. The molecule has 33 heavy (non-hydrogen) atoms. The Morgan fingerprint density at radius 2 is 1.97 bits per heavy atom. The molecule has 3 heterocycles. The van der Waals surface area contributed by atoms with Crippen LogP contribution in [0.25, 0.3) is 0 Å². The van der Waals surface area contributed by atoms with E-state index in [4.69, 9.17) is 17.3 Å². The second-order valence-electron chi connectivity index (χ2n) is 8.61. The van der Waals surface area contributed by atoms with Crippen molar-refractivity contribution in [3.63, 3.8) is 0 Å². The fraction of sp³-hybridized carbons (Fsp3) is 0.304. The van der Waals surface area contributed by atoms with Gasteiger partial charge in [-0.1, -0.05) is 39.7 Å². The van der Waals surface area contributed by atoms with E-state index in [2.05, 4.69) is 26.6 Å². The van der Waals surface area contributed by atoms with Gasteiger partial charge < -0.3 is 11.1 Å². The molecule has 1 spiro atoms. The summed E-state index contributed by atoms with van der Waals surface area (Å²) in [6, 6.07) is 9.68. The van der Waals surface area contributed by atoms with Crippen LogP contribution in [0.15, 0.2) is 40.9 Å². The van der Waals surface area contributed by atoms with E-state index in [9.17, 15) is 19.2 Å². The number of nitrogens with two attached hydrogens (primary N) is 1. The molecule has 2 aromatic carbocycles. The molecule has 0 radical (unpaired) electrons. The first-order valence-corrected chi connectivity index (χ1v) is 11.6. The van der Waals surface area contributed by atoms with Crippen LogP contribution in [0.3, 0.4) is 0 Å². The average Bonchev–Trinajstić information content (AvgIpc) is 3.34. The van der Waals surface area contributed by atoms with Gasteiger partial charge in [-0.05, 0) is 43.2 Å². The summed E-state index contributed by atoms with van der Waals surface area (Å²) in [5.41, 5.74) is 6.12. The van der Waals surface area contributed by atoms with E-state index >= 15 is 0 Å². The van der Waals surface area contributed by atoms with Gasteiger partial charge in [0, 0.05) is 27.5 Å². The number of fused-ring (bicyclic) bond motifs is 4. The van der Waals surface area contributed by atoms with Crippen LogP contribution in [-0.4, -0.2) is 29.7 Å². The maximum Gasteiger partial charge on any atom is 0.250 e. The van der Waals surface area contributed by atoms with Gasteiger partial charge in [0.2, 0.25) is 23.6 Å². The Kier molecular flexibility index (Phi) is 5.11. The molecule has 4 atom stereocenters. The second-order valence-corrected chi connectivity index (χ2v) is 9.93. The van der Waals surface area contributed by atoms with Gasteiger partial charge in [0.1, 0.15) is 5.54 Å². The Bertz CT molecular complexity index is 1250. The topological polar surface area (TPSA) is 122 Å². The maximum absolute atomic E-state index is 13.8. The molecule has 5 rings (SSSR count). The molecule has 0 aromatic heterocycles. The van der Waals surface area contributed by atoms with E-state index in [1.54, 1.807) is 43.3 Å². The summed E-state index contributed by atoms with van der Waals surface area (Å²) >= 11 is 9.65. The first kappa shape index (κ1) is 22.1. The number of carbonyl (C=O) groups is 4. The molecule has 2 fully saturated rings. The number of carbonyl (C=O) groups excluding carboxylic acids is 4. The van der Waals surface area contributed by atoms with Gasteiger partial charge in [-0.25, -0.2) is 4.90 Å². The van der Waals surface area contributed by atoms with Gasteiger partial charge in [0.15, 0.2) is 0 Å². The lowest BCUT2D eigenvalue weighted by molar-refractivity contribution is -0.130. The molecule has 0 aliphatic carbocycles. The summed E-state index contributed by atoms with van der Waals surface area (Å²) in [6.07, 6.45) is 0.238. The van der Waals surface area contributed by atoms with Crippen LogP contribution >= 0.6 is 27.5 Å². The highest BCUT2D eigenvalue weighted by molar-refractivity contribution is 9.10. The monoisotopic (exact) mass is 530 g/mol. The molecule has 2 aromatic rings. The largest absolute Gasteiger partial charge is 0.370 e. The van der Waals surface area contributed by atoms with Crippen molar-refractivity contribution in [2.75, 3.05) is 10.2 Å². The van der Waals surface area contributed by atoms with Gasteiger partial charge in [-0.3, -0.25) is 24.5 Å². The van der Waals surface area contributed by atoms with Gasteiger partial charge >= 0.3 is 0 Å². The fourth-order valence-corrected chi connectivity index (χ4v) is 5.95. The van der Waals surface area contributed by atoms with Crippen LogP contribution in [0.1, 0.15) is 24.0 Å². The zero-order valence-electron chi connectivity index (χ0n) is 17.5. The Morgan fingerprint density at radius 1 is 1.21 bits per heavy atom. The molecule has 0 unspecified atom stereocenters. The molecule has 0 bridgehead atoms. The molecule has 3 aliphatic heterocycles. The second kappa shape index (κ2) is 7.65. The summed E-state index contributed by atoms with van der Waals surface area (Å²) in [5, 5.41) is 6.63. The zero-order chi connectivity index (χ0) is 23.7. The van der Waals surface area contributed by atoms with Crippen LogP contribution in [0.5, 0.6) is 0 Å². The fourth-order valence-electron chi connectivity index (χ4n) is 5.41. The SMILES string of the molecule is Cc1c(Cl)ccc2c1NC(=O)[C@@]21N[C@@H](CCC(N)=O)[C@H]2C(=O)N(c3cccc(Br)c3)C(=O)[C@H]21. The normalized spacial score (nSPS) is 27.8. The highest BCUT2D eigenvalue weighted by Crippen LogP contribution is 2.55. The van der Waals surface area contributed by atoms with Crippen molar-refractivity contribution in [2.45, 2.75) is 31.3 Å². The maximum atomic E-state index is 13.8. The van der Waals surface area contributed by atoms with E-state index in [-0.39, 0.29) is 12.8 Å². The van der Waals surface area contributed by atoms with Gasteiger partial charge in [-0.15, -0.1) is 0 Å². The zero-order valence-corrected chi connectivity index (χ0v) is 19.9. The highest BCUT2D eigenvalue weighted by Gasteiger charge is 2.70. The number of nitrogens with zero attached hydrogens (tertiary/aromatic N) is 1. The molecule has 4 N–H and O–H groups in total. The van der Waals surface area contributed by atoms with E-state index in [0.717, 1.165) is 4.90 Å². The number of imide groups is 1. The minimum atomic E-state index is -1.45. The lowest BCUT2D eigenvalue weighted by atomic mass is 9.76. The third kappa shape index (κ3) is 3.06. The van der Waals surface area contributed by atoms with E-state index in [1.165, 1.54) is 0 Å². The lowest BCUT2D eigenvalue weighted by Crippen LogP contribution is -2.53. The molecule has 0 saturated carbocycles. The van der Waals surface area contributed by atoms with Crippen molar-refractivity contribution in [2.24, 2.45) is 17.6 Å². The molecule has 3 aliphatic rings. The number of amides is 4. The van der Waals surface area contributed by atoms with Gasteiger partial charge in [0.25, 0.3) is 0 Å². The summed E-state index contributed by atoms with van der Waals surface area (Å²) in [5.74, 6) is -3.63. The first-order chi connectivity index (χ1) is 15.7. The summed E-state index contributed by atoms with van der Waals surface area (Å²) in [6.45, 7) is 1.78. The van der Waals surface area contributed by atoms with Crippen LogP contribution in [0, 0.1) is 18.8 Å². The van der Waals surface area contributed by atoms with Crippen molar-refractivity contribution in [1.29, 1.82) is 0 Å². The lowest BCUT2D eigenvalue weighted by Gasteiger charge is -2.29. The quantitative estimate of drug-likeness (QED) is 0.524. The molecule has 170 valence electrons. The van der Waals surface area contributed by atoms with E-state index in [1.807, 2.05) is 0 Å². The minimum Gasteiger partial charge on any atom is -0.370 e. The average molecular weight is 532 g/mol. The van der Waals surface area contributed by atoms with Crippen LogP contribution in [-0.2, 0) is 24.7 Å². The van der Waals surface area contributed by atoms with Gasteiger partial charge in [-0.2, -0.15) is 0 Å². The number of anilines is 2. The Balaban J connectivity index is 1.67. The Morgan fingerprint density at radius 3 is 2.67 bits per heavy atom.